The number of carbonyl (C=O) groups is 1. The summed E-state index contributed by atoms with van der Waals surface area (Å²) in [6.45, 7) is 0. The first-order chi connectivity index (χ1) is 9.29. The fourth-order valence-electron chi connectivity index (χ4n) is 3.43. The average molecular weight is 285 g/mol. The average Bonchev–Trinajstić information content (AvgIpc) is 2.30. The molecule has 1 aromatic rings. The summed E-state index contributed by atoms with van der Waals surface area (Å²) in [6.07, 6.45) is -2.46. The van der Waals surface area contributed by atoms with E-state index < -0.39 is 17.2 Å². The number of halogens is 3. The number of esters is 1. The van der Waals surface area contributed by atoms with Crippen molar-refractivity contribution < 1.29 is 22.7 Å². The highest BCUT2D eigenvalue weighted by molar-refractivity contribution is 5.83. The zero-order chi connectivity index (χ0) is 14.6. The molecule has 0 amide bonds. The Balaban J connectivity index is 1.69. The number of nitrogens with one attached hydrogen (secondary N) is 1. The highest BCUT2D eigenvalue weighted by atomic mass is 19.4. The normalized spacial score (nSPS) is 31.0. The minimum atomic E-state index is -4.34. The lowest BCUT2D eigenvalue weighted by Crippen LogP contribution is -2.73. The van der Waals surface area contributed by atoms with Crippen LogP contribution in [0, 0.1) is 5.41 Å². The summed E-state index contributed by atoms with van der Waals surface area (Å²) in [4.78, 5) is 11.5. The Morgan fingerprint density at radius 2 is 1.95 bits per heavy atom. The highest BCUT2D eigenvalue weighted by Gasteiger charge is 2.72. The molecule has 0 aliphatic heterocycles. The van der Waals surface area contributed by atoms with Crippen molar-refractivity contribution in [3.63, 3.8) is 0 Å². The molecule has 2 bridgehead atoms. The third kappa shape index (κ3) is 1.85. The number of methoxy groups -OCH3 is 1. The Kier molecular flexibility index (Phi) is 2.59. The lowest BCUT2D eigenvalue weighted by molar-refractivity contribution is -0.190. The second-order valence-electron chi connectivity index (χ2n) is 5.79. The van der Waals surface area contributed by atoms with Crippen LogP contribution in [0.1, 0.15) is 24.8 Å². The van der Waals surface area contributed by atoms with Crippen molar-refractivity contribution in [3.05, 3.63) is 29.8 Å². The van der Waals surface area contributed by atoms with E-state index in [1.54, 1.807) is 6.07 Å². The predicted molar refractivity (Wildman–Crippen MR) is 66.1 cm³/mol. The van der Waals surface area contributed by atoms with Crippen LogP contribution >= 0.6 is 0 Å². The highest BCUT2D eigenvalue weighted by Crippen LogP contribution is 2.68. The van der Waals surface area contributed by atoms with Gasteiger partial charge >= 0.3 is 12.1 Å². The molecule has 0 unspecified atom stereocenters. The monoisotopic (exact) mass is 285 g/mol. The van der Waals surface area contributed by atoms with Gasteiger partial charge in [0.05, 0.1) is 18.1 Å². The van der Waals surface area contributed by atoms with Crippen molar-refractivity contribution in [2.24, 2.45) is 5.41 Å². The van der Waals surface area contributed by atoms with Crippen molar-refractivity contribution in [2.75, 3.05) is 12.4 Å². The van der Waals surface area contributed by atoms with Gasteiger partial charge in [-0.25, -0.2) is 0 Å². The Bertz CT molecular complexity index is 548. The van der Waals surface area contributed by atoms with Crippen LogP contribution in [0.5, 0.6) is 0 Å². The van der Waals surface area contributed by atoms with Gasteiger partial charge in [-0.2, -0.15) is 13.2 Å². The Hall–Kier alpha value is -1.72. The van der Waals surface area contributed by atoms with Crippen LogP contribution in [0.3, 0.4) is 0 Å². The number of ether oxygens (including phenoxy) is 1. The fourth-order valence-corrected chi connectivity index (χ4v) is 3.43. The number of rotatable bonds is 3. The number of alkyl halides is 3. The van der Waals surface area contributed by atoms with E-state index in [0.717, 1.165) is 12.1 Å². The van der Waals surface area contributed by atoms with Crippen molar-refractivity contribution in [3.8, 4) is 0 Å². The van der Waals surface area contributed by atoms with Gasteiger partial charge in [-0.05, 0) is 37.5 Å². The summed E-state index contributed by atoms with van der Waals surface area (Å²) >= 11 is 0. The lowest BCUT2D eigenvalue weighted by atomic mass is 9.39. The minimum Gasteiger partial charge on any atom is -0.469 e. The molecule has 3 nitrogen and oxygen atoms in total. The fraction of sp³-hybridized carbons (Fsp3) is 0.500. The van der Waals surface area contributed by atoms with Gasteiger partial charge in [0, 0.05) is 11.2 Å². The van der Waals surface area contributed by atoms with Crippen LogP contribution in [0.15, 0.2) is 24.3 Å². The molecule has 3 saturated carbocycles. The SMILES string of the molecule is COC(=O)C12CC(Nc3cccc(C(F)(F)F)c3)(C1)C2. The topological polar surface area (TPSA) is 38.3 Å². The summed E-state index contributed by atoms with van der Waals surface area (Å²) in [5, 5.41) is 3.13. The summed E-state index contributed by atoms with van der Waals surface area (Å²) in [5.74, 6) is -0.217. The number of hydrogen-bond acceptors (Lipinski definition) is 3. The van der Waals surface area contributed by atoms with E-state index >= 15 is 0 Å². The summed E-state index contributed by atoms with van der Waals surface area (Å²) in [5.41, 5.74) is -0.864. The molecule has 3 fully saturated rings. The molecule has 0 atom stereocenters. The molecular weight excluding hydrogens is 271 g/mol. The molecule has 3 aliphatic rings. The Morgan fingerprint density at radius 3 is 2.50 bits per heavy atom. The van der Waals surface area contributed by atoms with Gasteiger partial charge in [0.25, 0.3) is 0 Å². The Labute approximate surface area is 114 Å². The molecule has 20 heavy (non-hydrogen) atoms. The van der Waals surface area contributed by atoms with Gasteiger partial charge in [0.15, 0.2) is 0 Å². The smallest absolute Gasteiger partial charge is 0.416 e. The zero-order valence-electron chi connectivity index (χ0n) is 10.9. The second-order valence-corrected chi connectivity index (χ2v) is 5.79. The van der Waals surface area contributed by atoms with Crippen molar-refractivity contribution >= 4 is 11.7 Å². The maximum Gasteiger partial charge on any atom is 0.416 e. The van der Waals surface area contributed by atoms with E-state index in [1.165, 1.54) is 13.2 Å². The molecule has 108 valence electrons. The Morgan fingerprint density at radius 1 is 1.30 bits per heavy atom. The maximum atomic E-state index is 12.6. The van der Waals surface area contributed by atoms with E-state index in [0.29, 0.717) is 24.9 Å². The third-order valence-electron chi connectivity index (χ3n) is 4.25. The van der Waals surface area contributed by atoms with Crippen molar-refractivity contribution in [1.29, 1.82) is 0 Å². The quantitative estimate of drug-likeness (QED) is 0.867. The number of carbonyl (C=O) groups excluding carboxylic acids is 1. The summed E-state index contributed by atoms with van der Waals surface area (Å²) < 4.78 is 42.6. The van der Waals surface area contributed by atoms with Crippen LogP contribution in [0.4, 0.5) is 18.9 Å². The van der Waals surface area contributed by atoms with E-state index in [9.17, 15) is 18.0 Å². The predicted octanol–water partition coefficient (Wildman–Crippen LogP) is 3.21. The van der Waals surface area contributed by atoms with Crippen molar-refractivity contribution in [2.45, 2.75) is 31.0 Å². The molecule has 3 aliphatic carbocycles. The molecule has 4 rings (SSSR count). The first-order valence-electron chi connectivity index (χ1n) is 6.33. The van der Waals surface area contributed by atoms with Gasteiger partial charge in [0.1, 0.15) is 0 Å². The maximum absolute atomic E-state index is 12.6. The van der Waals surface area contributed by atoms with Crippen LogP contribution in [-0.2, 0) is 15.7 Å². The van der Waals surface area contributed by atoms with E-state index in [4.69, 9.17) is 4.74 Å². The molecular formula is C14H14F3NO2. The van der Waals surface area contributed by atoms with Gasteiger partial charge in [-0.1, -0.05) is 6.07 Å². The lowest BCUT2D eigenvalue weighted by Gasteiger charge is -2.68. The molecule has 1 aromatic carbocycles. The van der Waals surface area contributed by atoms with Crippen LogP contribution in [0.2, 0.25) is 0 Å². The largest absolute Gasteiger partial charge is 0.469 e. The van der Waals surface area contributed by atoms with Crippen LogP contribution in [-0.4, -0.2) is 18.6 Å². The molecule has 0 aromatic heterocycles. The van der Waals surface area contributed by atoms with E-state index in [-0.39, 0.29) is 11.5 Å². The summed E-state index contributed by atoms with van der Waals surface area (Å²) in [7, 11) is 1.36. The van der Waals surface area contributed by atoms with Crippen LogP contribution in [0.25, 0.3) is 0 Å². The van der Waals surface area contributed by atoms with Crippen molar-refractivity contribution in [1.82, 2.24) is 0 Å². The first-order valence-corrected chi connectivity index (χ1v) is 6.33. The van der Waals surface area contributed by atoms with Gasteiger partial charge in [0.2, 0.25) is 0 Å². The third-order valence-corrected chi connectivity index (χ3v) is 4.25. The zero-order valence-corrected chi connectivity index (χ0v) is 10.9. The first kappa shape index (κ1) is 13.3. The number of hydrogen-bond donors (Lipinski definition) is 1. The molecule has 6 heteroatoms. The van der Waals surface area contributed by atoms with E-state index in [1.807, 2.05) is 0 Å². The standard InChI is InChI=1S/C14H14F3NO2/c1-20-11(19)12-6-13(7-12,8-12)18-10-4-2-3-9(5-10)14(15,16)17/h2-5,18H,6-8H2,1H3. The van der Waals surface area contributed by atoms with Gasteiger partial charge in [-0.3, -0.25) is 4.79 Å². The van der Waals surface area contributed by atoms with Gasteiger partial charge in [-0.15, -0.1) is 0 Å². The second kappa shape index (κ2) is 3.90. The minimum absolute atomic E-state index is 0.217. The summed E-state index contributed by atoms with van der Waals surface area (Å²) in [6, 6.07) is 5.14. The molecule has 0 radical (unpaired) electrons. The molecule has 1 N–H and O–H groups in total. The number of benzene rings is 1. The number of anilines is 1. The van der Waals surface area contributed by atoms with Gasteiger partial charge < -0.3 is 10.1 Å². The molecule has 0 heterocycles. The molecule has 0 saturated heterocycles. The molecule has 0 spiro atoms. The van der Waals surface area contributed by atoms with E-state index in [2.05, 4.69) is 5.32 Å². The van der Waals surface area contributed by atoms with Crippen LogP contribution < -0.4 is 5.32 Å².